The van der Waals surface area contributed by atoms with E-state index in [4.69, 9.17) is 0 Å². The number of nitrogens with zero attached hydrogens (tertiary/aromatic N) is 1. The van der Waals surface area contributed by atoms with E-state index in [-0.39, 0.29) is 5.75 Å². The molecule has 21 heavy (non-hydrogen) atoms. The van der Waals surface area contributed by atoms with Gasteiger partial charge in [-0.05, 0) is 24.7 Å². The Morgan fingerprint density at radius 3 is 2.71 bits per heavy atom. The van der Waals surface area contributed by atoms with Gasteiger partial charge in [0.15, 0.2) is 0 Å². The van der Waals surface area contributed by atoms with Crippen LogP contribution in [0.15, 0.2) is 0 Å². The van der Waals surface area contributed by atoms with Crippen LogP contribution in [0.5, 0.6) is 0 Å². The third-order valence-corrected chi connectivity index (χ3v) is 6.17. The summed E-state index contributed by atoms with van der Waals surface area (Å²) in [6, 6.07) is 0. The standard InChI is InChI=1S/C15H31N3O2S/c1-14-3-2-4-15(13-14)5-6-17-21(19,20)12-11-18-9-7-16-8-10-18/h14-17H,2-13H2,1H3. The minimum absolute atomic E-state index is 0.230. The second kappa shape index (κ2) is 8.46. The van der Waals surface area contributed by atoms with Gasteiger partial charge in [0, 0.05) is 39.3 Å². The van der Waals surface area contributed by atoms with Crippen molar-refractivity contribution in [1.82, 2.24) is 14.9 Å². The zero-order valence-corrected chi connectivity index (χ0v) is 14.1. The fourth-order valence-corrected chi connectivity index (χ4v) is 4.57. The van der Waals surface area contributed by atoms with Gasteiger partial charge in [0.2, 0.25) is 10.0 Å². The molecule has 1 saturated heterocycles. The van der Waals surface area contributed by atoms with Crippen molar-refractivity contribution in [3.63, 3.8) is 0 Å². The largest absolute Gasteiger partial charge is 0.314 e. The van der Waals surface area contributed by atoms with Gasteiger partial charge in [-0.2, -0.15) is 0 Å². The van der Waals surface area contributed by atoms with E-state index in [0.717, 1.165) is 38.5 Å². The highest BCUT2D eigenvalue weighted by Gasteiger charge is 2.20. The Balaban J connectivity index is 1.61. The summed E-state index contributed by atoms with van der Waals surface area (Å²) in [5.41, 5.74) is 0. The molecule has 124 valence electrons. The van der Waals surface area contributed by atoms with Crippen LogP contribution in [0.4, 0.5) is 0 Å². The van der Waals surface area contributed by atoms with Crippen molar-refractivity contribution in [3.05, 3.63) is 0 Å². The van der Waals surface area contributed by atoms with E-state index >= 15 is 0 Å². The SMILES string of the molecule is CC1CCCC(CCNS(=O)(=O)CCN2CCNCC2)C1. The number of nitrogens with one attached hydrogen (secondary N) is 2. The van der Waals surface area contributed by atoms with Gasteiger partial charge >= 0.3 is 0 Å². The van der Waals surface area contributed by atoms with Crippen molar-refractivity contribution in [2.45, 2.75) is 39.0 Å². The predicted octanol–water partition coefficient (Wildman–Crippen LogP) is 1.03. The first-order valence-corrected chi connectivity index (χ1v) is 10.1. The van der Waals surface area contributed by atoms with Crippen LogP contribution in [0.25, 0.3) is 0 Å². The summed E-state index contributed by atoms with van der Waals surface area (Å²) in [5.74, 6) is 1.76. The number of rotatable bonds is 7. The van der Waals surface area contributed by atoms with Crippen LogP contribution in [0.1, 0.15) is 39.0 Å². The maximum atomic E-state index is 12.0. The number of hydrogen-bond donors (Lipinski definition) is 2. The van der Waals surface area contributed by atoms with Crippen molar-refractivity contribution < 1.29 is 8.42 Å². The molecule has 2 fully saturated rings. The van der Waals surface area contributed by atoms with Crippen LogP contribution >= 0.6 is 0 Å². The molecule has 0 aromatic heterocycles. The topological polar surface area (TPSA) is 61.4 Å². The molecule has 0 amide bonds. The number of hydrogen-bond acceptors (Lipinski definition) is 4. The van der Waals surface area contributed by atoms with Gasteiger partial charge in [-0.25, -0.2) is 13.1 Å². The van der Waals surface area contributed by atoms with E-state index < -0.39 is 10.0 Å². The average molecular weight is 317 g/mol. The third kappa shape index (κ3) is 6.63. The second-order valence-corrected chi connectivity index (χ2v) is 8.66. The molecule has 2 unspecified atom stereocenters. The molecule has 1 aliphatic carbocycles. The van der Waals surface area contributed by atoms with E-state index in [1.807, 2.05) is 0 Å². The van der Waals surface area contributed by atoms with Crippen LogP contribution in [0.3, 0.4) is 0 Å². The van der Waals surface area contributed by atoms with Gasteiger partial charge in [0.05, 0.1) is 5.75 Å². The average Bonchev–Trinajstić information content (AvgIpc) is 2.46. The summed E-state index contributed by atoms with van der Waals surface area (Å²) in [6.07, 6.45) is 6.18. The Hall–Kier alpha value is -0.170. The van der Waals surface area contributed by atoms with Crippen LogP contribution in [0.2, 0.25) is 0 Å². The first kappa shape index (κ1) is 17.2. The van der Waals surface area contributed by atoms with E-state index in [1.165, 1.54) is 25.7 Å². The van der Waals surface area contributed by atoms with Crippen molar-refractivity contribution in [2.75, 3.05) is 45.0 Å². The normalized spacial score (nSPS) is 28.6. The Morgan fingerprint density at radius 1 is 1.24 bits per heavy atom. The molecule has 2 N–H and O–H groups in total. The first-order valence-electron chi connectivity index (χ1n) is 8.45. The van der Waals surface area contributed by atoms with Crippen LogP contribution in [0, 0.1) is 11.8 Å². The van der Waals surface area contributed by atoms with Gasteiger partial charge in [0.1, 0.15) is 0 Å². The minimum Gasteiger partial charge on any atom is -0.314 e. The summed E-state index contributed by atoms with van der Waals surface area (Å²) in [5, 5.41) is 3.28. The lowest BCUT2D eigenvalue weighted by molar-refractivity contribution is 0.253. The molecule has 1 saturated carbocycles. The monoisotopic (exact) mass is 317 g/mol. The fourth-order valence-electron chi connectivity index (χ4n) is 3.50. The van der Waals surface area contributed by atoms with Gasteiger partial charge in [0.25, 0.3) is 0 Å². The van der Waals surface area contributed by atoms with Crippen molar-refractivity contribution in [2.24, 2.45) is 11.8 Å². The quantitative estimate of drug-likeness (QED) is 0.736. The van der Waals surface area contributed by atoms with Crippen molar-refractivity contribution in [3.8, 4) is 0 Å². The number of piperazine rings is 1. The Bertz CT molecular complexity index is 394. The molecule has 0 aromatic carbocycles. The maximum Gasteiger partial charge on any atom is 0.212 e. The van der Waals surface area contributed by atoms with E-state index in [2.05, 4.69) is 21.9 Å². The molecule has 0 bridgehead atoms. The molecule has 0 radical (unpaired) electrons. The predicted molar refractivity (Wildman–Crippen MR) is 86.8 cm³/mol. The summed E-state index contributed by atoms with van der Waals surface area (Å²) >= 11 is 0. The second-order valence-electron chi connectivity index (χ2n) is 6.73. The lowest BCUT2D eigenvalue weighted by atomic mass is 9.81. The van der Waals surface area contributed by atoms with Crippen molar-refractivity contribution in [1.29, 1.82) is 0 Å². The molecule has 0 spiro atoms. The molecule has 1 heterocycles. The highest BCUT2D eigenvalue weighted by molar-refractivity contribution is 7.89. The van der Waals surface area contributed by atoms with Crippen LogP contribution < -0.4 is 10.0 Å². The molecule has 1 aliphatic heterocycles. The zero-order chi connectivity index (χ0) is 15.1. The number of sulfonamides is 1. The molecular formula is C15H31N3O2S. The van der Waals surface area contributed by atoms with E-state index in [9.17, 15) is 8.42 Å². The Morgan fingerprint density at radius 2 is 2.00 bits per heavy atom. The van der Waals surface area contributed by atoms with E-state index in [1.54, 1.807) is 0 Å². The molecule has 0 aromatic rings. The van der Waals surface area contributed by atoms with Gasteiger partial charge in [-0.3, -0.25) is 4.90 Å². The van der Waals surface area contributed by atoms with Gasteiger partial charge < -0.3 is 5.32 Å². The Labute approximate surface area is 129 Å². The Kier molecular flexibility index (Phi) is 6.92. The fraction of sp³-hybridized carbons (Fsp3) is 1.00. The smallest absolute Gasteiger partial charge is 0.212 e. The molecule has 2 rings (SSSR count). The van der Waals surface area contributed by atoms with Gasteiger partial charge in [-0.15, -0.1) is 0 Å². The van der Waals surface area contributed by atoms with Crippen molar-refractivity contribution >= 4 is 10.0 Å². The van der Waals surface area contributed by atoms with E-state index in [0.29, 0.717) is 19.0 Å². The summed E-state index contributed by atoms with van der Waals surface area (Å²) in [4.78, 5) is 2.22. The molecule has 6 heteroatoms. The third-order valence-electron chi connectivity index (χ3n) is 4.81. The summed E-state index contributed by atoms with van der Waals surface area (Å²) < 4.78 is 26.8. The molecule has 2 aliphatic rings. The zero-order valence-electron chi connectivity index (χ0n) is 13.3. The lowest BCUT2D eigenvalue weighted by Crippen LogP contribution is -2.46. The summed E-state index contributed by atoms with van der Waals surface area (Å²) in [7, 11) is -3.11. The van der Waals surface area contributed by atoms with Crippen LogP contribution in [-0.4, -0.2) is 58.3 Å². The first-order chi connectivity index (χ1) is 10.1. The molecular weight excluding hydrogens is 286 g/mol. The van der Waals surface area contributed by atoms with Gasteiger partial charge in [-0.1, -0.05) is 26.2 Å². The summed E-state index contributed by atoms with van der Waals surface area (Å²) in [6.45, 7) is 7.41. The molecule has 2 atom stereocenters. The maximum absolute atomic E-state index is 12.0. The highest BCUT2D eigenvalue weighted by Crippen LogP contribution is 2.30. The van der Waals surface area contributed by atoms with Crippen LogP contribution in [-0.2, 0) is 10.0 Å². The minimum atomic E-state index is -3.11. The highest BCUT2D eigenvalue weighted by atomic mass is 32.2. The lowest BCUT2D eigenvalue weighted by Gasteiger charge is -2.27. The molecule has 5 nitrogen and oxygen atoms in total.